The molecule has 0 fully saturated rings. The van der Waals surface area contributed by atoms with Crippen LogP contribution in [0.25, 0.3) is 22.6 Å². The second kappa shape index (κ2) is 8.53. The SMILES string of the molecule is CN(CC(CO)OC=O)c1ccc(-c2ccc(-c3nnn(C)n3)nc2)c(F)c1. The van der Waals surface area contributed by atoms with Crippen LogP contribution in [-0.2, 0) is 16.6 Å². The Morgan fingerprint density at radius 2 is 2.18 bits per heavy atom. The van der Waals surface area contributed by atoms with E-state index in [-0.39, 0.29) is 19.6 Å². The summed E-state index contributed by atoms with van der Waals surface area (Å²) in [5.41, 5.74) is 2.13. The van der Waals surface area contributed by atoms with Crippen LogP contribution in [0.15, 0.2) is 36.5 Å². The topological polar surface area (TPSA) is 106 Å². The van der Waals surface area contributed by atoms with Crippen LogP contribution in [0.2, 0.25) is 0 Å². The van der Waals surface area contributed by atoms with Gasteiger partial charge < -0.3 is 14.7 Å². The van der Waals surface area contributed by atoms with E-state index in [0.717, 1.165) is 0 Å². The summed E-state index contributed by atoms with van der Waals surface area (Å²) in [6.45, 7) is 0.198. The van der Waals surface area contributed by atoms with Gasteiger partial charge in [0.05, 0.1) is 20.2 Å². The number of aliphatic hydroxyl groups excluding tert-OH is 1. The standard InChI is InChI=1S/C18H19FN6O3/c1-24(9-14(10-26)28-11-27)13-4-5-15(16(19)7-13)12-3-6-17(20-8-12)18-21-23-25(2)22-18/h3-8,11,14,26H,9-10H2,1-2H3. The number of carbonyl (C=O) groups excluding carboxylic acids is 1. The van der Waals surface area contributed by atoms with Gasteiger partial charge in [-0.15, -0.1) is 10.2 Å². The maximum atomic E-state index is 14.7. The first-order valence-corrected chi connectivity index (χ1v) is 8.43. The van der Waals surface area contributed by atoms with Crippen molar-refractivity contribution in [2.45, 2.75) is 6.10 Å². The minimum Gasteiger partial charge on any atom is -0.460 e. The number of aromatic nitrogens is 5. The van der Waals surface area contributed by atoms with Crippen molar-refractivity contribution in [1.29, 1.82) is 0 Å². The van der Waals surface area contributed by atoms with Gasteiger partial charge in [-0.25, -0.2) is 4.39 Å². The molecule has 0 radical (unpaired) electrons. The molecule has 0 spiro atoms. The van der Waals surface area contributed by atoms with E-state index in [1.54, 1.807) is 49.5 Å². The van der Waals surface area contributed by atoms with Gasteiger partial charge in [-0.05, 0) is 29.5 Å². The Morgan fingerprint density at radius 1 is 1.36 bits per heavy atom. The highest BCUT2D eigenvalue weighted by Gasteiger charge is 2.14. The molecule has 3 rings (SSSR count). The third-order valence-corrected chi connectivity index (χ3v) is 4.13. The Bertz CT molecular complexity index is 947. The molecular formula is C18H19FN6O3. The number of halogens is 1. The predicted molar refractivity (Wildman–Crippen MR) is 98.7 cm³/mol. The van der Waals surface area contributed by atoms with Gasteiger partial charge >= 0.3 is 0 Å². The van der Waals surface area contributed by atoms with Crippen molar-refractivity contribution >= 4 is 12.2 Å². The van der Waals surface area contributed by atoms with E-state index in [0.29, 0.717) is 28.3 Å². The summed E-state index contributed by atoms with van der Waals surface area (Å²) < 4.78 is 19.4. The Morgan fingerprint density at radius 3 is 2.75 bits per heavy atom. The zero-order valence-electron chi connectivity index (χ0n) is 15.4. The number of pyridine rings is 1. The average Bonchev–Trinajstić information content (AvgIpc) is 3.14. The number of likely N-dealkylation sites (N-methyl/N-ethyl adjacent to an activating group) is 1. The van der Waals surface area contributed by atoms with Crippen molar-refractivity contribution in [3.05, 3.63) is 42.3 Å². The second-order valence-corrected chi connectivity index (χ2v) is 6.12. The quantitative estimate of drug-likeness (QED) is 0.573. The summed E-state index contributed by atoms with van der Waals surface area (Å²) in [7, 11) is 3.38. The second-order valence-electron chi connectivity index (χ2n) is 6.12. The fraction of sp³-hybridized carbons (Fsp3) is 0.278. The molecule has 0 saturated heterocycles. The fourth-order valence-corrected chi connectivity index (χ4v) is 2.68. The number of ether oxygens (including phenoxy) is 1. The molecule has 1 atom stereocenters. The molecule has 0 aliphatic heterocycles. The van der Waals surface area contributed by atoms with E-state index in [2.05, 4.69) is 20.4 Å². The number of hydrogen-bond acceptors (Lipinski definition) is 8. The molecule has 146 valence electrons. The molecule has 9 nitrogen and oxygen atoms in total. The molecular weight excluding hydrogens is 367 g/mol. The zero-order chi connectivity index (χ0) is 20.1. The Balaban J connectivity index is 1.77. The molecule has 0 aliphatic carbocycles. The number of carbonyl (C=O) groups is 1. The maximum Gasteiger partial charge on any atom is 0.293 e. The highest BCUT2D eigenvalue weighted by atomic mass is 19.1. The number of rotatable bonds is 8. The van der Waals surface area contributed by atoms with Crippen LogP contribution >= 0.6 is 0 Å². The van der Waals surface area contributed by atoms with Gasteiger partial charge in [-0.2, -0.15) is 4.80 Å². The van der Waals surface area contributed by atoms with E-state index in [1.807, 2.05) is 0 Å². The first kappa shape index (κ1) is 19.4. The number of hydrogen-bond donors (Lipinski definition) is 1. The number of benzene rings is 1. The molecule has 1 unspecified atom stereocenters. The molecule has 10 heteroatoms. The number of anilines is 1. The molecule has 1 N–H and O–H groups in total. The minimum atomic E-state index is -0.684. The van der Waals surface area contributed by atoms with Crippen molar-refractivity contribution < 1.29 is 19.0 Å². The zero-order valence-corrected chi connectivity index (χ0v) is 15.4. The van der Waals surface area contributed by atoms with Crippen LogP contribution < -0.4 is 4.90 Å². The van der Waals surface area contributed by atoms with Crippen molar-refractivity contribution in [1.82, 2.24) is 25.2 Å². The molecule has 2 heterocycles. The minimum absolute atomic E-state index is 0.232. The third kappa shape index (κ3) is 4.29. The van der Waals surface area contributed by atoms with Gasteiger partial charge in [0.2, 0.25) is 5.82 Å². The van der Waals surface area contributed by atoms with Crippen LogP contribution in [0.4, 0.5) is 10.1 Å². The number of aryl methyl sites for hydroxylation is 1. The molecule has 0 amide bonds. The van der Waals surface area contributed by atoms with Gasteiger partial charge in [-0.3, -0.25) is 9.78 Å². The Labute approximate surface area is 160 Å². The van der Waals surface area contributed by atoms with Crippen molar-refractivity contribution in [2.24, 2.45) is 7.05 Å². The maximum absolute atomic E-state index is 14.7. The number of aliphatic hydroxyl groups is 1. The smallest absolute Gasteiger partial charge is 0.293 e. The lowest BCUT2D eigenvalue weighted by Crippen LogP contribution is -2.33. The summed E-state index contributed by atoms with van der Waals surface area (Å²) in [6, 6.07) is 8.20. The average molecular weight is 386 g/mol. The summed E-state index contributed by atoms with van der Waals surface area (Å²) in [6.07, 6.45) is 0.865. The highest BCUT2D eigenvalue weighted by molar-refractivity contribution is 5.68. The molecule has 0 bridgehead atoms. The molecule has 0 aliphatic rings. The monoisotopic (exact) mass is 386 g/mol. The third-order valence-electron chi connectivity index (χ3n) is 4.13. The van der Waals surface area contributed by atoms with Crippen molar-refractivity contribution in [3.63, 3.8) is 0 Å². The molecule has 0 saturated carbocycles. The van der Waals surface area contributed by atoms with E-state index >= 15 is 0 Å². The summed E-state index contributed by atoms with van der Waals surface area (Å²) >= 11 is 0. The van der Waals surface area contributed by atoms with Crippen LogP contribution in [0.1, 0.15) is 0 Å². The van der Waals surface area contributed by atoms with Gasteiger partial charge in [0.25, 0.3) is 6.47 Å². The Hall–Kier alpha value is -3.40. The van der Waals surface area contributed by atoms with Crippen molar-refractivity contribution in [2.75, 3.05) is 25.1 Å². The molecule has 28 heavy (non-hydrogen) atoms. The van der Waals surface area contributed by atoms with Gasteiger partial charge in [0.15, 0.2) is 0 Å². The summed E-state index contributed by atoms with van der Waals surface area (Å²) in [5.74, 6) is -0.0316. The number of tetrazole rings is 1. The van der Waals surface area contributed by atoms with Crippen LogP contribution in [0, 0.1) is 5.82 Å². The summed E-state index contributed by atoms with van der Waals surface area (Å²) in [4.78, 5) is 17.7. The van der Waals surface area contributed by atoms with Gasteiger partial charge in [0.1, 0.15) is 17.6 Å². The predicted octanol–water partition coefficient (Wildman–Crippen LogP) is 1.05. The van der Waals surface area contributed by atoms with Crippen LogP contribution in [0.3, 0.4) is 0 Å². The largest absolute Gasteiger partial charge is 0.460 e. The lowest BCUT2D eigenvalue weighted by Gasteiger charge is -2.23. The van der Waals surface area contributed by atoms with E-state index in [1.165, 1.54) is 10.9 Å². The first-order chi connectivity index (χ1) is 13.5. The Kier molecular flexibility index (Phi) is 5.90. The summed E-state index contributed by atoms with van der Waals surface area (Å²) in [5, 5.41) is 20.9. The number of nitrogens with zero attached hydrogens (tertiary/aromatic N) is 6. The lowest BCUT2D eigenvalue weighted by atomic mass is 10.1. The van der Waals surface area contributed by atoms with Crippen LogP contribution in [0.5, 0.6) is 0 Å². The highest BCUT2D eigenvalue weighted by Crippen LogP contribution is 2.27. The normalized spacial score (nSPS) is 11.9. The molecule has 1 aromatic carbocycles. The van der Waals surface area contributed by atoms with E-state index in [9.17, 15) is 14.3 Å². The van der Waals surface area contributed by atoms with Gasteiger partial charge in [0, 0.05) is 30.1 Å². The molecule has 3 aromatic rings. The first-order valence-electron chi connectivity index (χ1n) is 8.43. The lowest BCUT2D eigenvalue weighted by molar-refractivity contribution is -0.134. The van der Waals surface area contributed by atoms with E-state index in [4.69, 9.17) is 4.74 Å². The molecule has 2 aromatic heterocycles. The van der Waals surface area contributed by atoms with Crippen molar-refractivity contribution in [3.8, 4) is 22.6 Å². The fourth-order valence-electron chi connectivity index (χ4n) is 2.68. The van der Waals surface area contributed by atoms with Crippen LogP contribution in [-0.4, -0.2) is 63.1 Å². The van der Waals surface area contributed by atoms with Gasteiger partial charge in [-0.1, -0.05) is 6.07 Å². The van der Waals surface area contributed by atoms with E-state index < -0.39 is 11.9 Å².